The summed E-state index contributed by atoms with van der Waals surface area (Å²) in [6.07, 6.45) is 2.64. The zero-order chi connectivity index (χ0) is 27.7. The third-order valence-corrected chi connectivity index (χ3v) is 7.68. The van der Waals surface area contributed by atoms with Gasteiger partial charge in [-0.15, -0.1) is 0 Å². The Balaban J connectivity index is 1.70. The number of hydrogen-bond donors (Lipinski definition) is 3. The lowest BCUT2D eigenvalue weighted by Gasteiger charge is -2.34. The third-order valence-electron chi connectivity index (χ3n) is 6.45. The minimum atomic E-state index is -4.24. The summed E-state index contributed by atoms with van der Waals surface area (Å²) in [4.78, 5) is 28.7. The second-order valence-electron chi connectivity index (χ2n) is 10.8. The molecule has 1 atom stereocenters. The zero-order valence-electron chi connectivity index (χ0n) is 22.4. The van der Waals surface area contributed by atoms with Crippen molar-refractivity contribution in [2.24, 2.45) is 11.8 Å². The average Bonchev–Trinajstić information content (AvgIpc) is 3.14. The van der Waals surface area contributed by atoms with Crippen molar-refractivity contribution < 1.29 is 13.2 Å². The van der Waals surface area contributed by atoms with Crippen LogP contribution in [0.3, 0.4) is 0 Å². The van der Waals surface area contributed by atoms with Crippen molar-refractivity contribution in [2.75, 3.05) is 29.0 Å². The number of nitrogens with two attached hydrogens (primary N) is 1. The maximum absolute atomic E-state index is 13.4. The molecule has 11 heteroatoms. The summed E-state index contributed by atoms with van der Waals surface area (Å²) < 4.78 is 27.9. The fraction of sp³-hybridized carbons (Fsp3) is 0.407. The number of nitrogens with zero attached hydrogens (tertiary/aromatic N) is 4. The van der Waals surface area contributed by atoms with Crippen LogP contribution in [0, 0.1) is 11.8 Å². The van der Waals surface area contributed by atoms with Crippen LogP contribution in [-0.4, -0.2) is 47.9 Å². The van der Waals surface area contributed by atoms with Crippen LogP contribution in [0.2, 0.25) is 0 Å². The smallest absolute Gasteiger partial charge is 0.281 e. The standard InChI is InChI=1S/C27H35N7O3S/c1-17(2)14-29-23-12-9-19(15-30-23)21-11-10-20(25(31-21)34-16-18(3)13-27(34,4)5)26(35)33-38(36,37)24-8-6-7-22(28)32-24/h6-12,15,17-18H,13-14,16H2,1-5H3,(H2,28,32)(H,29,30)(H,33,35). The van der Waals surface area contributed by atoms with Crippen LogP contribution in [0.25, 0.3) is 11.3 Å². The molecule has 3 aromatic heterocycles. The number of hydrogen-bond acceptors (Lipinski definition) is 9. The van der Waals surface area contributed by atoms with Gasteiger partial charge in [-0.05, 0) is 68.5 Å². The van der Waals surface area contributed by atoms with E-state index in [1.165, 1.54) is 18.2 Å². The predicted molar refractivity (Wildman–Crippen MR) is 149 cm³/mol. The van der Waals surface area contributed by atoms with Crippen molar-refractivity contribution in [2.45, 2.75) is 51.6 Å². The van der Waals surface area contributed by atoms with Gasteiger partial charge < -0.3 is 16.0 Å². The summed E-state index contributed by atoms with van der Waals surface area (Å²) >= 11 is 0. The van der Waals surface area contributed by atoms with E-state index in [1.54, 1.807) is 18.3 Å². The van der Waals surface area contributed by atoms with E-state index in [-0.39, 0.29) is 21.9 Å². The van der Waals surface area contributed by atoms with Gasteiger partial charge in [0.25, 0.3) is 15.9 Å². The van der Waals surface area contributed by atoms with Crippen LogP contribution < -0.4 is 20.7 Å². The molecule has 0 aliphatic carbocycles. The molecule has 1 unspecified atom stereocenters. The number of nitrogens with one attached hydrogen (secondary N) is 2. The van der Waals surface area contributed by atoms with E-state index in [0.717, 1.165) is 24.3 Å². The molecule has 0 saturated carbocycles. The van der Waals surface area contributed by atoms with E-state index in [9.17, 15) is 13.2 Å². The monoisotopic (exact) mass is 537 g/mol. The quantitative estimate of drug-likeness (QED) is 0.389. The van der Waals surface area contributed by atoms with Crippen molar-refractivity contribution in [3.63, 3.8) is 0 Å². The van der Waals surface area contributed by atoms with Crippen molar-refractivity contribution in [3.8, 4) is 11.3 Å². The van der Waals surface area contributed by atoms with Crippen LogP contribution in [-0.2, 0) is 10.0 Å². The topological polar surface area (TPSA) is 143 Å². The molecule has 1 aliphatic rings. The summed E-state index contributed by atoms with van der Waals surface area (Å²) in [6.45, 7) is 12.1. The lowest BCUT2D eigenvalue weighted by molar-refractivity contribution is 0.0981. The molecule has 38 heavy (non-hydrogen) atoms. The molecule has 202 valence electrons. The molecule has 1 saturated heterocycles. The fourth-order valence-corrected chi connectivity index (χ4v) is 5.66. The van der Waals surface area contributed by atoms with Gasteiger partial charge in [0.05, 0.1) is 11.3 Å². The summed E-state index contributed by atoms with van der Waals surface area (Å²) in [5, 5.41) is 2.97. The first-order valence-electron chi connectivity index (χ1n) is 12.6. The first-order valence-corrected chi connectivity index (χ1v) is 14.1. The number of pyridine rings is 3. The summed E-state index contributed by atoms with van der Waals surface area (Å²) in [5.41, 5.74) is 6.94. The average molecular weight is 538 g/mol. The van der Waals surface area contributed by atoms with Crippen LogP contribution in [0.4, 0.5) is 17.5 Å². The van der Waals surface area contributed by atoms with E-state index in [2.05, 4.69) is 59.5 Å². The number of carbonyl (C=O) groups excluding carboxylic acids is 1. The lowest BCUT2D eigenvalue weighted by atomic mass is 9.97. The second kappa shape index (κ2) is 10.6. The van der Waals surface area contributed by atoms with Gasteiger partial charge >= 0.3 is 0 Å². The SMILES string of the molecule is CC(C)CNc1ccc(-c2ccc(C(=O)NS(=O)(=O)c3cccc(N)n3)c(N3CC(C)CC3(C)C)n2)cn1. The number of nitrogen functional groups attached to an aromatic ring is 1. The summed E-state index contributed by atoms with van der Waals surface area (Å²) in [6, 6.07) is 11.4. The molecular weight excluding hydrogens is 502 g/mol. The minimum Gasteiger partial charge on any atom is -0.384 e. The molecule has 1 aliphatic heterocycles. The molecule has 10 nitrogen and oxygen atoms in total. The number of sulfonamides is 1. The second-order valence-corrected chi connectivity index (χ2v) is 12.5. The Bertz CT molecular complexity index is 1420. The molecular formula is C27H35N7O3S. The highest BCUT2D eigenvalue weighted by Crippen LogP contribution is 2.38. The van der Waals surface area contributed by atoms with Crippen molar-refractivity contribution in [1.29, 1.82) is 0 Å². The van der Waals surface area contributed by atoms with Gasteiger partial charge in [0.2, 0.25) is 0 Å². The Morgan fingerprint density at radius 1 is 1.16 bits per heavy atom. The van der Waals surface area contributed by atoms with Crippen LogP contribution >= 0.6 is 0 Å². The van der Waals surface area contributed by atoms with E-state index < -0.39 is 15.9 Å². The van der Waals surface area contributed by atoms with Gasteiger partial charge in [-0.3, -0.25) is 4.79 Å². The van der Waals surface area contributed by atoms with Gasteiger partial charge in [0.15, 0.2) is 5.03 Å². The minimum absolute atomic E-state index is 0.0406. The number of amides is 1. The highest BCUT2D eigenvalue weighted by molar-refractivity contribution is 7.90. The maximum atomic E-state index is 13.4. The lowest BCUT2D eigenvalue weighted by Crippen LogP contribution is -2.41. The molecule has 0 radical (unpaired) electrons. The maximum Gasteiger partial charge on any atom is 0.281 e. The first-order chi connectivity index (χ1) is 17.9. The molecule has 4 rings (SSSR count). The number of anilines is 3. The Morgan fingerprint density at radius 2 is 1.92 bits per heavy atom. The Morgan fingerprint density at radius 3 is 2.53 bits per heavy atom. The Kier molecular flexibility index (Phi) is 7.59. The van der Waals surface area contributed by atoms with Crippen molar-refractivity contribution in [3.05, 3.63) is 54.2 Å². The molecule has 0 bridgehead atoms. The van der Waals surface area contributed by atoms with Gasteiger partial charge in [0, 0.05) is 30.4 Å². The van der Waals surface area contributed by atoms with E-state index in [1.807, 2.05) is 12.1 Å². The van der Waals surface area contributed by atoms with Crippen molar-refractivity contribution >= 4 is 33.4 Å². The zero-order valence-corrected chi connectivity index (χ0v) is 23.2. The normalized spacial score (nSPS) is 17.0. The Labute approximate surface area is 224 Å². The van der Waals surface area contributed by atoms with Crippen LogP contribution in [0.15, 0.2) is 53.7 Å². The molecule has 3 aromatic rings. The van der Waals surface area contributed by atoms with Crippen LogP contribution in [0.5, 0.6) is 0 Å². The highest BCUT2D eigenvalue weighted by atomic mass is 32.2. The van der Waals surface area contributed by atoms with Crippen molar-refractivity contribution in [1.82, 2.24) is 19.7 Å². The number of rotatable bonds is 8. The molecule has 0 aromatic carbocycles. The summed E-state index contributed by atoms with van der Waals surface area (Å²) in [5.74, 6) is 1.31. The fourth-order valence-electron chi connectivity index (χ4n) is 4.72. The number of carbonyl (C=O) groups is 1. The Hall–Kier alpha value is -3.73. The molecule has 4 heterocycles. The largest absolute Gasteiger partial charge is 0.384 e. The molecule has 1 fully saturated rings. The van der Waals surface area contributed by atoms with Gasteiger partial charge in [-0.2, -0.15) is 8.42 Å². The van der Waals surface area contributed by atoms with Gasteiger partial charge in [0.1, 0.15) is 17.5 Å². The molecule has 1 amide bonds. The predicted octanol–water partition coefficient (Wildman–Crippen LogP) is 3.93. The van der Waals surface area contributed by atoms with Gasteiger partial charge in [-0.1, -0.05) is 26.8 Å². The number of aromatic nitrogens is 3. The van der Waals surface area contributed by atoms with E-state index in [4.69, 9.17) is 10.7 Å². The van der Waals surface area contributed by atoms with E-state index >= 15 is 0 Å². The van der Waals surface area contributed by atoms with E-state index in [0.29, 0.717) is 29.9 Å². The highest BCUT2D eigenvalue weighted by Gasteiger charge is 2.39. The molecule has 4 N–H and O–H groups in total. The van der Waals surface area contributed by atoms with Gasteiger partial charge in [-0.25, -0.2) is 19.7 Å². The molecule has 0 spiro atoms. The summed E-state index contributed by atoms with van der Waals surface area (Å²) in [7, 11) is -4.24. The van der Waals surface area contributed by atoms with Crippen LogP contribution in [0.1, 0.15) is 51.4 Å². The first kappa shape index (κ1) is 27.3. The third kappa shape index (κ3) is 6.04.